The molecule has 1 atom stereocenters. The summed E-state index contributed by atoms with van der Waals surface area (Å²) in [6.07, 6.45) is 1.30. The van der Waals surface area contributed by atoms with Crippen LogP contribution in [-0.4, -0.2) is 31.5 Å². The van der Waals surface area contributed by atoms with Crippen molar-refractivity contribution in [2.45, 2.75) is 18.9 Å². The van der Waals surface area contributed by atoms with Crippen LogP contribution in [0.1, 0.15) is 12.8 Å². The lowest BCUT2D eigenvalue weighted by Crippen LogP contribution is -2.39. The van der Waals surface area contributed by atoms with E-state index in [0.29, 0.717) is 19.4 Å². The first-order valence-corrected chi connectivity index (χ1v) is 4.13. The van der Waals surface area contributed by atoms with Crippen LogP contribution in [0.3, 0.4) is 0 Å². The molecule has 0 fully saturated rings. The van der Waals surface area contributed by atoms with E-state index in [-0.39, 0.29) is 11.9 Å². The maximum Gasteiger partial charge on any atom is 0.236 e. The molecule has 0 radical (unpaired) electrons. The molecule has 0 aliphatic carbocycles. The summed E-state index contributed by atoms with van der Waals surface area (Å²) in [6.45, 7) is 0.569. The first-order chi connectivity index (χ1) is 6.07. The fourth-order valence-corrected chi connectivity index (χ4v) is 0.862. The van der Waals surface area contributed by atoms with Crippen molar-refractivity contribution in [3.05, 3.63) is 0 Å². The first kappa shape index (κ1) is 11.7. The molecule has 1 amide bonds. The predicted molar refractivity (Wildman–Crippen MR) is 51.2 cm³/mol. The fourth-order valence-electron chi connectivity index (χ4n) is 0.862. The average molecular weight is 187 g/mol. The predicted octanol–water partition coefficient (Wildman–Crippen LogP) is -1.68. The van der Waals surface area contributed by atoms with Crippen LogP contribution in [0, 0.1) is 5.41 Å². The molecule has 0 aromatic carbocycles. The highest BCUT2D eigenvalue weighted by molar-refractivity contribution is 5.81. The number of carbonyl (C=O) groups excluding carboxylic acids is 1. The summed E-state index contributed by atoms with van der Waals surface area (Å²) in [4.78, 5) is 10.9. The zero-order valence-corrected chi connectivity index (χ0v) is 7.76. The van der Waals surface area contributed by atoms with E-state index in [1.54, 1.807) is 7.05 Å². The number of guanidine groups is 1. The molecule has 7 N–H and O–H groups in total. The van der Waals surface area contributed by atoms with Gasteiger partial charge in [0.25, 0.3) is 0 Å². The Morgan fingerprint density at radius 2 is 2.23 bits per heavy atom. The Labute approximate surface area is 77.6 Å². The molecular weight excluding hydrogens is 170 g/mol. The van der Waals surface area contributed by atoms with E-state index in [0.717, 1.165) is 0 Å². The van der Waals surface area contributed by atoms with Gasteiger partial charge >= 0.3 is 0 Å². The van der Waals surface area contributed by atoms with E-state index in [9.17, 15) is 4.79 Å². The summed E-state index contributed by atoms with van der Waals surface area (Å²) in [5, 5.41) is 12.0. The average Bonchev–Trinajstić information content (AvgIpc) is 2.10. The molecule has 0 unspecified atom stereocenters. The molecule has 0 aliphatic heterocycles. The number of hydrogen-bond donors (Lipinski definition) is 5. The fraction of sp³-hybridized carbons (Fsp3) is 0.714. The largest absolute Gasteiger partial charge is 0.370 e. The van der Waals surface area contributed by atoms with Crippen LogP contribution in [-0.2, 0) is 4.79 Å². The second kappa shape index (κ2) is 6.24. The molecule has 0 aliphatic rings. The molecule has 13 heavy (non-hydrogen) atoms. The molecule has 0 saturated carbocycles. The van der Waals surface area contributed by atoms with Crippen LogP contribution < -0.4 is 22.1 Å². The third-order valence-electron chi connectivity index (χ3n) is 1.59. The first-order valence-electron chi connectivity index (χ1n) is 4.13. The molecular formula is C7H17N5O. The smallest absolute Gasteiger partial charge is 0.236 e. The van der Waals surface area contributed by atoms with Gasteiger partial charge in [-0.3, -0.25) is 10.2 Å². The Kier molecular flexibility index (Phi) is 5.62. The molecule has 6 nitrogen and oxygen atoms in total. The van der Waals surface area contributed by atoms with Crippen molar-refractivity contribution in [3.63, 3.8) is 0 Å². The maximum absolute atomic E-state index is 10.9. The van der Waals surface area contributed by atoms with Crippen molar-refractivity contribution in [2.24, 2.45) is 11.5 Å². The summed E-state index contributed by atoms with van der Waals surface area (Å²) in [5.74, 6) is -0.226. The van der Waals surface area contributed by atoms with Crippen LogP contribution in [0.2, 0.25) is 0 Å². The highest BCUT2D eigenvalue weighted by Crippen LogP contribution is 1.92. The topological polar surface area (TPSA) is 117 Å². The maximum atomic E-state index is 10.9. The van der Waals surface area contributed by atoms with Gasteiger partial charge in [-0.25, -0.2) is 0 Å². The summed E-state index contributed by atoms with van der Waals surface area (Å²) in [7, 11) is 1.55. The SMILES string of the molecule is CNC(=O)[C@H](N)CCCNC(=N)N. The van der Waals surface area contributed by atoms with Crippen LogP contribution >= 0.6 is 0 Å². The Bertz CT molecular complexity index is 182. The van der Waals surface area contributed by atoms with Crippen molar-refractivity contribution in [2.75, 3.05) is 13.6 Å². The zero-order valence-electron chi connectivity index (χ0n) is 7.76. The number of nitrogens with one attached hydrogen (secondary N) is 3. The van der Waals surface area contributed by atoms with E-state index in [2.05, 4.69) is 10.6 Å². The highest BCUT2D eigenvalue weighted by Gasteiger charge is 2.09. The Morgan fingerprint density at radius 1 is 1.62 bits per heavy atom. The molecule has 6 heteroatoms. The van der Waals surface area contributed by atoms with Gasteiger partial charge in [0.2, 0.25) is 5.91 Å². The lowest BCUT2D eigenvalue weighted by atomic mass is 10.1. The lowest BCUT2D eigenvalue weighted by molar-refractivity contribution is -0.122. The minimum atomic E-state index is -0.473. The Morgan fingerprint density at radius 3 is 2.69 bits per heavy atom. The normalized spacial score (nSPS) is 11.8. The summed E-state index contributed by atoms with van der Waals surface area (Å²) < 4.78 is 0. The van der Waals surface area contributed by atoms with Crippen molar-refractivity contribution < 1.29 is 4.79 Å². The van der Waals surface area contributed by atoms with E-state index in [4.69, 9.17) is 16.9 Å². The van der Waals surface area contributed by atoms with Crippen molar-refractivity contribution in [3.8, 4) is 0 Å². The van der Waals surface area contributed by atoms with Gasteiger partial charge in [-0.05, 0) is 12.8 Å². The summed E-state index contributed by atoms with van der Waals surface area (Å²) in [5.41, 5.74) is 10.6. The summed E-state index contributed by atoms with van der Waals surface area (Å²) >= 11 is 0. The number of likely N-dealkylation sites (N-methyl/N-ethyl adjacent to an activating group) is 1. The lowest BCUT2D eigenvalue weighted by Gasteiger charge is -2.09. The number of rotatable bonds is 5. The van der Waals surface area contributed by atoms with Gasteiger partial charge in [0, 0.05) is 13.6 Å². The second-order valence-electron chi connectivity index (χ2n) is 2.70. The van der Waals surface area contributed by atoms with Gasteiger partial charge in [-0.1, -0.05) is 0 Å². The number of carbonyl (C=O) groups is 1. The van der Waals surface area contributed by atoms with E-state index in [1.807, 2.05) is 0 Å². The van der Waals surface area contributed by atoms with Crippen LogP contribution in [0.5, 0.6) is 0 Å². The standard InChI is InChI=1S/C7H17N5O/c1-11-6(13)5(8)3-2-4-12-7(9)10/h5H,2-4,8H2,1H3,(H,11,13)(H4,9,10,12)/t5-/m1/s1. The molecule has 0 aromatic heterocycles. The van der Waals surface area contributed by atoms with Crippen LogP contribution in [0.25, 0.3) is 0 Å². The van der Waals surface area contributed by atoms with E-state index in [1.165, 1.54) is 0 Å². The molecule has 0 aromatic rings. The van der Waals surface area contributed by atoms with Crippen molar-refractivity contribution in [1.29, 1.82) is 5.41 Å². The van der Waals surface area contributed by atoms with Crippen molar-refractivity contribution in [1.82, 2.24) is 10.6 Å². The Hall–Kier alpha value is -1.30. The Balaban J connectivity index is 3.42. The van der Waals surface area contributed by atoms with Gasteiger partial charge in [0.05, 0.1) is 6.04 Å². The monoisotopic (exact) mass is 187 g/mol. The third kappa shape index (κ3) is 5.92. The van der Waals surface area contributed by atoms with Gasteiger partial charge < -0.3 is 22.1 Å². The molecule has 0 spiro atoms. The van der Waals surface area contributed by atoms with E-state index < -0.39 is 6.04 Å². The van der Waals surface area contributed by atoms with Gasteiger partial charge in [-0.2, -0.15) is 0 Å². The van der Waals surface area contributed by atoms with E-state index >= 15 is 0 Å². The molecule has 0 bridgehead atoms. The number of hydrogen-bond acceptors (Lipinski definition) is 3. The molecule has 0 heterocycles. The minimum absolute atomic E-state index is 0.0616. The quantitative estimate of drug-likeness (QED) is 0.201. The summed E-state index contributed by atoms with van der Waals surface area (Å²) in [6, 6.07) is -0.473. The molecule has 76 valence electrons. The third-order valence-corrected chi connectivity index (χ3v) is 1.59. The minimum Gasteiger partial charge on any atom is -0.370 e. The molecule has 0 saturated heterocycles. The van der Waals surface area contributed by atoms with Crippen molar-refractivity contribution >= 4 is 11.9 Å². The second-order valence-corrected chi connectivity index (χ2v) is 2.70. The van der Waals surface area contributed by atoms with Gasteiger partial charge in [0.1, 0.15) is 0 Å². The van der Waals surface area contributed by atoms with Crippen LogP contribution in [0.4, 0.5) is 0 Å². The van der Waals surface area contributed by atoms with Crippen LogP contribution in [0.15, 0.2) is 0 Å². The molecule has 0 rings (SSSR count). The van der Waals surface area contributed by atoms with Gasteiger partial charge in [-0.15, -0.1) is 0 Å². The zero-order chi connectivity index (χ0) is 10.3. The highest BCUT2D eigenvalue weighted by atomic mass is 16.2. The van der Waals surface area contributed by atoms with Gasteiger partial charge in [0.15, 0.2) is 5.96 Å². The number of amides is 1. The number of nitrogens with two attached hydrogens (primary N) is 2.